The maximum absolute atomic E-state index is 13.4. The number of anilines is 1. The van der Waals surface area contributed by atoms with Crippen molar-refractivity contribution in [2.75, 3.05) is 25.0 Å². The zero-order valence-electron chi connectivity index (χ0n) is 17.6. The van der Waals surface area contributed by atoms with Gasteiger partial charge in [-0.15, -0.1) is 11.3 Å². The third-order valence-electron chi connectivity index (χ3n) is 5.84. The topological polar surface area (TPSA) is 80.5 Å². The summed E-state index contributed by atoms with van der Waals surface area (Å²) in [6.07, 6.45) is 1.15. The van der Waals surface area contributed by atoms with Gasteiger partial charge in [-0.3, -0.25) is 10.2 Å². The number of nitrogens with one attached hydrogen (secondary N) is 1. The van der Waals surface area contributed by atoms with E-state index in [9.17, 15) is 9.18 Å². The van der Waals surface area contributed by atoms with Crippen LogP contribution in [-0.2, 0) is 4.74 Å². The van der Waals surface area contributed by atoms with Crippen LogP contribution in [0.5, 0.6) is 0 Å². The van der Waals surface area contributed by atoms with E-state index in [0.29, 0.717) is 17.8 Å². The van der Waals surface area contributed by atoms with Gasteiger partial charge in [0.25, 0.3) is 0 Å². The largest absolute Gasteiger partial charge is 0.445 e. The average molecular weight is 455 g/mol. The molecular formula is C23H23FN4O3S. The summed E-state index contributed by atoms with van der Waals surface area (Å²) in [5.41, 5.74) is 4.78. The maximum Gasteiger partial charge on any atom is 0.411 e. The Morgan fingerprint density at radius 2 is 2.16 bits per heavy atom. The molecule has 0 spiro atoms. The van der Waals surface area contributed by atoms with Gasteiger partial charge in [-0.05, 0) is 63.2 Å². The molecule has 2 aromatic carbocycles. The molecule has 1 saturated heterocycles. The predicted molar refractivity (Wildman–Crippen MR) is 122 cm³/mol. The monoisotopic (exact) mass is 454 g/mol. The van der Waals surface area contributed by atoms with Crippen molar-refractivity contribution >= 4 is 44.3 Å². The molecule has 5 rings (SSSR count). The van der Waals surface area contributed by atoms with E-state index in [4.69, 9.17) is 9.26 Å². The Morgan fingerprint density at radius 3 is 3.00 bits per heavy atom. The fourth-order valence-corrected chi connectivity index (χ4v) is 4.99. The van der Waals surface area contributed by atoms with Crippen LogP contribution in [0.15, 0.2) is 46.4 Å². The molecule has 1 N–H and O–H groups in total. The number of hydrogen-bond donors (Lipinski definition) is 1. The first-order chi connectivity index (χ1) is 15.5. The Hall–Kier alpha value is -3.04. The molecule has 1 aliphatic heterocycles. The standard InChI is InChI=1S/C23H23FN4O3S/c1-14(30-23(29)26-17-3-5-19-21(11-17)32-13-25-19)12-28-8-6-15(7-9-28)22-18-4-2-16(24)10-20(18)31-27-22/h2-5,10-11,13-15H,6-9,12H2,1H3,(H,26,29). The van der Waals surface area contributed by atoms with Crippen molar-refractivity contribution < 1.29 is 18.4 Å². The van der Waals surface area contributed by atoms with Crippen LogP contribution in [0.4, 0.5) is 14.9 Å². The zero-order chi connectivity index (χ0) is 22.1. The van der Waals surface area contributed by atoms with Crippen molar-refractivity contribution in [3.05, 3.63) is 53.4 Å². The average Bonchev–Trinajstić information content (AvgIpc) is 3.40. The van der Waals surface area contributed by atoms with Crippen molar-refractivity contribution in [3.8, 4) is 0 Å². The second-order valence-electron chi connectivity index (χ2n) is 8.16. The Bertz CT molecular complexity index is 1250. The van der Waals surface area contributed by atoms with Crippen LogP contribution in [0.25, 0.3) is 21.2 Å². The number of carbonyl (C=O) groups is 1. The number of aromatic nitrogens is 2. The molecule has 0 aliphatic carbocycles. The molecule has 166 valence electrons. The molecule has 9 heteroatoms. The van der Waals surface area contributed by atoms with Crippen molar-refractivity contribution in [1.82, 2.24) is 15.0 Å². The molecule has 0 radical (unpaired) electrons. The highest BCUT2D eigenvalue weighted by Gasteiger charge is 2.26. The number of benzene rings is 2. The van der Waals surface area contributed by atoms with E-state index in [1.54, 1.807) is 11.6 Å². The molecule has 1 unspecified atom stereocenters. The highest BCUT2D eigenvalue weighted by molar-refractivity contribution is 7.16. The van der Waals surface area contributed by atoms with Crippen molar-refractivity contribution in [3.63, 3.8) is 0 Å². The van der Waals surface area contributed by atoms with Gasteiger partial charge in [-0.1, -0.05) is 5.16 Å². The van der Waals surface area contributed by atoms with Crippen LogP contribution >= 0.6 is 11.3 Å². The van der Waals surface area contributed by atoms with E-state index in [-0.39, 0.29) is 17.8 Å². The van der Waals surface area contributed by atoms with Gasteiger partial charge in [-0.25, -0.2) is 14.2 Å². The molecule has 32 heavy (non-hydrogen) atoms. The van der Waals surface area contributed by atoms with Gasteiger partial charge >= 0.3 is 6.09 Å². The molecule has 2 aromatic heterocycles. The molecule has 1 atom stereocenters. The Kier molecular flexibility index (Phi) is 5.75. The predicted octanol–water partition coefficient (Wildman–Crippen LogP) is 5.39. The smallest absolute Gasteiger partial charge is 0.411 e. The molecule has 1 aliphatic rings. The summed E-state index contributed by atoms with van der Waals surface area (Å²) in [5, 5.41) is 7.88. The van der Waals surface area contributed by atoms with E-state index in [2.05, 4.69) is 20.4 Å². The lowest BCUT2D eigenvalue weighted by Crippen LogP contribution is -2.39. The van der Waals surface area contributed by atoms with Crippen LogP contribution < -0.4 is 5.32 Å². The van der Waals surface area contributed by atoms with E-state index in [1.807, 2.05) is 25.1 Å². The number of ether oxygens (including phenoxy) is 1. The van der Waals surface area contributed by atoms with Gasteiger partial charge in [0.1, 0.15) is 11.9 Å². The van der Waals surface area contributed by atoms with Gasteiger partial charge in [0.15, 0.2) is 5.58 Å². The minimum absolute atomic E-state index is 0.241. The normalized spacial score (nSPS) is 16.4. The van der Waals surface area contributed by atoms with E-state index >= 15 is 0 Å². The first-order valence-electron chi connectivity index (χ1n) is 10.6. The van der Waals surface area contributed by atoms with Crippen LogP contribution in [0.2, 0.25) is 0 Å². The number of halogens is 1. The van der Waals surface area contributed by atoms with Crippen LogP contribution in [0.3, 0.4) is 0 Å². The minimum Gasteiger partial charge on any atom is -0.445 e. The van der Waals surface area contributed by atoms with Crippen molar-refractivity contribution in [2.24, 2.45) is 0 Å². The van der Waals surface area contributed by atoms with E-state index < -0.39 is 6.09 Å². The lowest BCUT2D eigenvalue weighted by molar-refractivity contribution is 0.0806. The summed E-state index contributed by atoms with van der Waals surface area (Å²) in [4.78, 5) is 18.8. The van der Waals surface area contributed by atoms with E-state index in [1.165, 1.54) is 23.5 Å². The Labute approximate surface area is 188 Å². The lowest BCUT2D eigenvalue weighted by atomic mass is 9.91. The van der Waals surface area contributed by atoms with Gasteiger partial charge < -0.3 is 9.26 Å². The quantitative estimate of drug-likeness (QED) is 0.435. The van der Waals surface area contributed by atoms with Gasteiger partial charge in [0.2, 0.25) is 0 Å². The molecule has 3 heterocycles. The number of piperidine rings is 1. The Balaban J connectivity index is 1.11. The van der Waals surface area contributed by atoms with E-state index in [0.717, 1.165) is 47.2 Å². The fourth-order valence-electron chi connectivity index (χ4n) is 4.28. The summed E-state index contributed by atoms with van der Waals surface area (Å²) in [5.74, 6) is -0.0451. The number of rotatable bonds is 5. The summed E-state index contributed by atoms with van der Waals surface area (Å²) in [7, 11) is 0. The summed E-state index contributed by atoms with van der Waals surface area (Å²) in [6, 6.07) is 10.2. The molecule has 7 nitrogen and oxygen atoms in total. The van der Waals surface area contributed by atoms with Gasteiger partial charge in [-0.2, -0.15) is 0 Å². The van der Waals surface area contributed by atoms with Crippen LogP contribution in [0, 0.1) is 5.82 Å². The first-order valence-corrected chi connectivity index (χ1v) is 11.5. The first kappa shape index (κ1) is 20.8. The third kappa shape index (κ3) is 4.44. The number of hydrogen-bond acceptors (Lipinski definition) is 7. The van der Waals surface area contributed by atoms with Gasteiger partial charge in [0.05, 0.1) is 21.4 Å². The minimum atomic E-state index is -0.461. The van der Waals surface area contributed by atoms with Crippen LogP contribution in [0.1, 0.15) is 31.4 Å². The maximum atomic E-state index is 13.4. The molecule has 0 saturated carbocycles. The number of nitrogens with zero attached hydrogens (tertiary/aromatic N) is 3. The molecule has 1 amide bonds. The number of thiazole rings is 1. The summed E-state index contributed by atoms with van der Waals surface area (Å²) < 4.78 is 25.3. The summed E-state index contributed by atoms with van der Waals surface area (Å²) >= 11 is 1.53. The lowest BCUT2D eigenvalue weighted by Gasteiger charge is -2.32. The molecular weight excluding hydrogens is 431 g/mol. The number of amides is 1. The molecule has 4 aromatic rings. The highest BCUT2D eigenvalue weighted by atomic mass is 32.1. The van der Waals surface area contributed by atoms with Crippen molar-refractivity contribution in [1.29, 1.82) is 0 Å². The van der Waals surface area contributed by atoms with Crippen LogP contribution in [-0.4, -0.2) is 46.9 Å². The number of fused-ring (bicyclic) bond motifs is 2. The third-order valence-corrected chi connectivity index (χ3v) is 6.63. The number of likely N-dealkylation sites (tertiary alicyclic amines) is 1. The molecule has 1 fully saturated rings. The summed E-state index contributed by atoms with van der Waals surface area (Å²) in [6.45, 7) is 4.31. The fraction of sp³-hybridized carbons (Fsp3) is 0.348. The second-order valence-corrected chi connectivity index (χ2v) is 9.05. The molecule has 0 bridgehead atoms. The second kappa shape index (κ2) is 8.84. The van der Waals surface area contributed by atoms with Crippen molar-refractivity contribution in [2.45, 2.75) is 31.8 Å². The highest BCUT2D eigenvalue weighted by Crippen LogP contribution is 2.32. The SMILES string of the molecule is CC(CN1CCC(c2noc3cc(F)ccc23)CC1)OC(=O)Nc1ccc2ncsc2c1. The number of carbonyl (C=O) groups excluding carboxylic acids is 1. The van der Waals surface area contributed by atoms with Gasteiger partial charge in [0, 0.05) is 29.6 Å². The zero-order valence-corrected chi connectivity index (χ0v) is 18.4. The Morgan fingerprint density at radius 1 is 1.31 bits per heavy atom.